The summed E-state index contributed by atoms with van der Waals surface area (Å²) in [6.07, 6.45) is 1.38. The van der Waals surface area contributed by atoms with Crippen molar-refractivity contribution in [3.8, 4) is 6.07 Å². The first-order valence-corrected chi connectivity index (χ1v) is 6.14. The molecule has 0 aliphatic carbocycles. The number of halogens is 1. The van der Waals surface area contributed by atoms with Crippen LogP contribution in [-0.4, -0.2) is 22.8 Å². The molecule has 6 heteroatoms. The molecule has 0 fully saturated rings. The second kappa shape index (κ2) is 6.01. The first-order chi connectivity index (χ1) is 10.0. The molecule has 5 nitrogen and oxygen atoms in total. The highest BCUT2D eigenvalue weighted by molar-refractivity contribution is 5.93. The molecule has 1 aromatic carbocycles. The Kier molecular flexibility index (Phi) is 4.14. The Morgan fingerprint density at radius 2 is 2.14 bits per heavy atom. The number of aromatic nitrogens is 1. The van der Waals surface area contributed by atoms with Crippen LogP contribution in [0.4, 0.5) is 4.39 Å². The minimum atomic E-state index is -0.487. The first kappa shape index (κ1) is 14.5. The van der Waals surface area contributed by atoms with Gasteiger partial charge in [0.05, 0.1) is 11.6 Å². The van der Waals surface area contributed by atoms with E-state index in [4.69, 9.17) is 5.26 Å². The third-order valence-corrected chi connectivity index (χ3v) is 2.95. The summed E-state index contributed by atoms with van der Waals surface area (Å²) in [6, 6.07) is 8.54. The van der Waals surface area contributed by atoms with E-state index in [0.29, 0.717) is 5.56 Å². The minimum Gasteiger partial charge on any atom is -0.337 e. The monoisotopic (exact) mass is 285 g/mol. The van der Waals surface area contributed by atoms with Gasteiger partial charge in [0.1, 0.15) is 5.82 Å². The van der Waals surface area contributed by atoms with Crippen LogP contribution in [0, 0.1) is 17.1 Å². The molecule has 0 spiro atoms. The number of hydrogen-bond donors (Lipinski definition) is 1. The van der Waals surface area contributed by atoms with Crippen LogP contribution in [0.25, 0.3) is 0 Å². The topological polar surface area (TPSA) is 77.0 Å². The van der Waals surface area contributed by atoms with E-state index in [1.807, 2.05) is 6.07 Å². The number of carbonyl (C=O) groups excluding carboxylic acids is 1. The summed E-state index contributed by atoms with van der Waals surface area (Å²) in [5.74, 6) is -0.887. The van der Waals surface area contributed by atoms with E-state index in [-0.39, 0.29) is 23.2 Å². The second-order valence-corrected chi connectivity index (χ2v) is 4.52. The van der Waals surface area contributed by atoms with E-state index in [1.54, 1.807) is 0 Å². The Labute approximate surface area is 120 Å². The summed E-state index contributed by atoms with van der Waals surface area (Å²) in [7, 11) is 1.50. The molecule has 106 valence electrons. The highest BCUT2D eigenvalue weighted by Crippen LogP contribution is 2.13. The van der Waals surface area contributed by atoms with Crippen molar-refractivity contribution < 1.29 is 9.18 Å². The Balaban J connectivity index is 2.22. The van der Waals surface area contributed by atoms with Crippen LogP contribution in [0.1, 0.15) is 21.5 Å². The maximum Gasteiger partial charge on any atom is 0.254 e. The third kappa shape index (κ3) is 3.34. The van der Waals surface area contributed by atoms with Gasteiger partial charge in [0.25, 0.3) is 5.91 Å². The van der Waals surface area contributed by atoms with Crippen molar-refractivity contribution in [3.63, 3.8) is 0 Å². The van der Waals surface area contributed by atoms with E-state index in [1.165, 1.54) is 48.5 Å². The van der Waals surface area contributed by atoms with Gasteiger partial charge in [0, 0.05) is 37.0 Å². The van der Waals surface area contributed by atoms with Crippen molar-refractivity contribution >= 4 is 5.91 Å². The zero-order valence-corrected chi connectivity index (χ0v) is 11.3. The number of amides is 1. The molecule has 2 rings (SSSR count). The number of nitrogens with zero attached hydrogens (tertiary/aromatic N) is 2. The maximum atomic E-state index is 13.7. The zero-order valence-electron chi connectivity index (χ0n) is 11.3. The average Bonchev–Trinajstić information content (AvgIpc) is 2.48. The highest BCUT2D eigenvalue weighted by Gasteiger charge is 2.14. The highest BCUT2D eigenvalue weighted by atomic mass is 19.1. The van der Waals surface area contributed by atoms with Crippen LogP contribution in [0.3, 0.4) is 0 Å². The maximum absolute atomic E-state index is 13.7. The van der Waals surface area contributed by atoms with Crippen molar-refractivity contribution in [1.82, 2.24) is 9.88 Å². The normalized spacial score (nSPS) is 9.95. The fourth-order valence-corrected chi connectivity index (χ4v) is 1.89. The number of pyridine rings is 1. The number of H-pyrrole nitrogens is 1. The van der Waals surface area contributed by atoms with E-state index in [9.17, 15) is 14.0 Å². The lowest BCUT2D eigenvalue weighted by Gasteiger charge is -2.17. The smallest absolute Gasteiger partial charge is 0.254 e. The summed E-state index contributed by atoms with van der Waals surface area (Å²) in [5, 5.41) is 8.81. The zero-order chi connectivity index (χ0) is 15.4. The van der Waals surface area contributed by atoms with E-state index in [2.05, 4.69) is 4.98 Å². The summed E-state index contributed by atoms with van der Waals surface area (Å²) in [5.41, 5.74) is 0.406. The lowest BCUT2D eigenvalue weighted by molar-refractivity contribution is 0.0783. The van der Waals surface area contributed by atoms with Gasteiger partial charge >= 0.3 is 0 Å². The molecule has 1 N–H and O–H groups in total. The second-order valence-electron chi connectivity index (χ2n) is 4.52. The molecule has 0 radical (unpaired) electrons. The van der Waals surface area contributed by atoms with Crippen LogP contribution < -0.4 is 5.56 Å². The van der Waals surface area contributed by atoms with Gasteiger partial charge in [0.15, 0.2) is 0 Å². The standard InChI is InChI=1S/C15H12FN3O2/c1-19(15(21)11-4-5-18-14(20)7-11)9-12-6-10(8-17)2-3-13(12)16/h2-7H,9H2,1H3,(H,18,20). The number of carbonyl (C=O) groups is 1. The van der Waals surface area contributed by atoms with Gasteiger partial charge in [-0.05, 0) is 24.3 Å². The average molecular weight is 285 g/mol. The molecule has 1 amide bonds. The molecule has 0 bridgehead atoms. The van der Waals surface area contributed by atoms with Gasteiger partial charge in [0.2, 0.25) is 5.56 Å². The van der Waals surface area contributed by atoms with Crippen LogP contribution >= 0.6 is 0 Å². The van der Waals surface area contributed by atoms with Crippen molar-refractivity contribution in [3.05, 3.63) is 69.4 Å². The van der Waals surface area contributed by atoms with Crippen molar-refractivity contribution in [2.24, 2.45) is 0 Å². The number of aromatic amines is 1. The van der Waals surface area contributed by atoms with E-state index >= 15 is 0 Å². The van der Waals surface area contributed by atoms with Crippen molar-refractivity contribution in [2.75, 3.05) is 7.05 Å². The van der Waals surface area contributed by atoms with Crippen molar-refractivity contribution in [2.45, 2.75) is 6.54 Å². The molecule has 21 heavy (non-hydrogen) atoms. The lowest BCUT2D eigenvalue weighted by Crippen LogP contribution is -2.27. The third-order valence-electron chi connectivity index (χ3n) is 2.95. The van der Waals surface area contributed by atoms with E-state index < -0.39 is 11.7 Å². The van der Waals surface area contributed by atoms with Crippen LogP contribution in [0.15, 0.2) is 41.3 Å². The molecule has 0 saturated carbocycles. The summed E-state index contributed by atoms with van der Waals surface area (Å²) in [6.45, 7) is 0.00693. The van der Waals surface area contributed by atoms with Gasteiger partial charge in [-0.3, -0.25) is 9.59 Å². The van der Waals surface area contributed by atoms with Gasteiger partial charge in [-0.25, -0.2) is 4.39 Å². The number of rotatable bonds is 3. The largest absolute Gasteiger partial charge is 0.337 e. The number of nitrogens with one attached hydrogen (secondary N) is 1. The quantitative estimate of drug-likeness (QED) is 0.931. The SMILES string of the molecule is CN(Cc1cc(C#N)ccc1F)C(=O)c1cc[nH]c(=O)c1. The lowest BCUT2D eigenvalue weighted by atomic mass is 10.1. The number of hydrogen-bond acceptors (Lipinski definition) is 3. The van der Waals surface area contributed by atoms with Crippen LogP contribution in [0.2, 0.25) is 0 Å². The van der Waals surface area contributed by atoms with Gasteiger partial charge in [-0.15, -0.1) is 0 Å². The summed E-state index contributed by atoms with van der Waals surface area (Å²) >= 11 is 0. The fourth-order valence-electron chi connectivity index (χ4n) is 1.89. The predicted molar refractivity (Wildman–Crippen MR) is 74.0 cm³/mol. The van der Waals surface area contributed by atoms with Crippen LogP contribution in [-0.2, 0) is 6.54 Å². The van der Waals surface area contributed by atoms with Gasteiger partial charge < -0.3 is 9.88 Å². The summed E-state index contributed by atoms with van der Waals surface area (Å²) < 4.78 is 13.7. The molecule has 2 aromatic rings. The Morgan fingerprint density at radius 3 is 2.81 bits per heavy atom. The molecule has 0 atom stereocenters. The Hall–Kier alpha value is -2.94. The molecular formula is C15H12FN3O2. The molecule has 1 aromatic heterocycles. The van der Waals surface area contributed by atoms with Gasteiger partial charge in [-0.2, -0.15) is 5.26 Å². The van der Waals surface area contributed by atoms with Crippen molar-refractivity contribution in [1.29, 1.82) is 5.26 Å². The minimum absolute atomic E-state index is 0.00693. The molecule has 0 aliphatic heterocycles. The number of benzene rings is 1. The predicted octanol–water partition coefficient (Wildman–Crippen LogP) is 1.66. The Morgan fingerprint density at radius 1 is 1.38 bits per heavy atom. The van der Waals surface area contributed by atoms with Crippen LogP contribution in [0.5, 0.6) is 0 Å². The molecule has 0 aliphatic rings. The molecular weight excluding hydrogens is 273 g/mol. The number of nitriles is 1. The first-order valence-electron chi connectivity index (χ1n) is 6.14. The molecule has 0 unspecified atom stereocenters. The molecule has 0 saturated heterocycles. The fraction of sp³-hybridized carbons (Fsp3) is 0.133. The van der Waals surface area contributed by atoms with Gasteiger partial charge in [-0.1, -0.05) is 0 Å². The van der Waals surface area contributed by atoms with E-state index in [0.717, 1.165) is 0 Å². The Bertz CT molecular complexity index is 777. The molecule has 1 heterocycles. The summed E-state index contributed by atoms with van der Waals surface area (Å²) in [4.78, 5) is 27.0.